The fourth-order valence-corrected chi connectivity index (χ4v) is 8.08. The van der Waals surface area contributed by atoms with E-state index in [0.717, 1.165) is 48.8 Å². The van der Waals surface area contributed by atoms with Gasteiger partial charge in [-0.15, -0.1) is 22.7 Å². The van der Waals surface area contributed by atoms with Crippen LogP contribution in [0.25, 0.3) is 21.4 Å². The van der Waals surface area contributed by atoms with Crippen LogP contribution in [0.2, 0.25) is 0 Å². The van der Waals surface area contributed by atoms with Gasteiger partial charge in [0.1, 0.15) is 56.5 Å². The number of aryl methyl sites for hydroxylation is 2. The van der Waals surface area contributed by atoms with Gasteiger partial charge in [-0.3, -0.25) is 43.2 Å². The van der Waals surface area contributed by atoms with Gasteiger partial charge in [-0.2, -0.15) is 0 Å². The van der Waals surface area contributed by atoms with E-state index < -0.39 is 107 Å². The Hall–Kier alpha value is -8.32. The molecule has 0 spiro atoms. The number of esters is 8. The zero-order valence-corrected chi connectivity index (χ0v) is 46.5. The lowest BCUT2D eigenvalue weighted by Crippen LogP contribution is -2.37. The van der Waals surface area contributed by atoms with Gasteiger partial charge < -0.3 is 61.6 Å². The largest absolute Gasteiger partial charge is 0.488 e. The molecule has 0 N–H and O–H groups in total. The molecule has 422 valence electrons. The van der Waals surface area contributed by atoms with Gasteiger partial charge in [0.05, 0.1) is 26.7 Å². The molecule has 0 saturated heterocycles. The molecular weight excluding hydrogens is 1060 g/mol. The van der Waals surface area contributed by atoms with E-state index >= 15 is 0 Å². The summed E-state index contributed by atoms with van der Waals surface area (Å²) in [4.78, 5) is 129. The van der Waals surface area contributed by atoms with Crippen LogP contribution in [0.5, 0.6) is 11.5 Å². The van der Waals surface area contributed by atoms with Crippen LogP contribution in [-0.4, -0.2) is 120 Å². The SMILES string of the molecule is CC.CC(=O)OCOC(=O)CN(CC(=O)OCOC(C)=O)c1ccc(C)cc1OCCOc1cc2cc(-c3ccc(C(=O)c4ccc(C)s4)s3)c(=O)oc2cc1N(CC(=O)OCOC(C)=O)CC(=O)OCOC(C)=O.CCC. The zero-order valence-electron chi connectivity index (χ0n) is 44.8. The molecule has 3 aromatic heterocycles. The number of fused-ring (bicyclic) bond motifs is 1. The highest BCUT2D eigenvalue weighted by molar-refractivity contribution is 7.19. The summed E-state index contributed by atoms with van der Waals surface area (Å²) in [6.07, 6.45) is 1.25. The number of thiophene rings is 2. The van der Waals surface area contributed by atoms with Crippen LogP contribution in [0.4, 0.5) is 11.4 Å². The van der Waals surface area contributed by atoms with Crippen molar-refractivity contribution in [2.45, 2.75) is 75.7 Å². The van der Waals surface area contributed by atoms with Gasteiger partial charge in [-0.05, 0) is 67.9 Å². The fourth-order valence-electron chi connectivity index (χ4n) is 6.23. The van der Waals surface area contributed by atoms with Crippen LogP contribution in [0, 0.1) is 13.8 Å². The number of rotatable bonds is 26. The standard InChI is InChI=1S/C48H48N2O21S2.C3H8.C2H6/c1-27-7-9-35(49(19-43(55)67-23-63-29(3)51)20-44(56)68-24-64-30(4)52)38(15-27)61-13-14-62-39-17-33-16-34(40-11-12-42(73-40)47(59)41-10-8-28(2)72-41)48(60)71-37(33)18-36(39)50(21-45(57)69-25-65-31(5)53)22-46(58)70-26-66-32(6)54;1-3-2;1-2/h7-12,15-18H,13-14,19-26H2,1-6H3;3H2,1-2H3;1-2H3. The summed E-state index contributed by atoms with van der Waals surface area (Å²) in [5.41, 5.74) is 0.104. The van der Waals surface area contributed by atoms with E-state index in [9.17, 15) is 47.9 Å². The van der Waals surface area contributed by atoms with Crippen molar-refractivity contribution in [3.05, 3.63) is 91.3 Å². The smallest absolute Gasteiger partial charge is 0.345 e. The first kappa shape index (κ1) is 64.0. The number of nitrogens with zero attached hydrogens (tertiary/aromatic N) is 2. The Bertz CT molecular complexity index is 2870. The number of carbonyl (C=O) groups excluding carboxylic acids is 9. The minimum absolute atomic E-state index is 0.0243. The van der Waals surface area contributed by atoms with Gasteiger partial charge >= 0.3 is 53.4 Å². The first-order valence-electron chi connectivity index (χ1n) is 24.0. The number of ketones is 1. The van der Waals surface area contributed by atoms with E-state index in [1.807, 2.05) is 26.8 Å². The predicted octanol–water partition coefficient (Wildman–Crippen LogP) is 7.20. The van der Waals surface area contributed by atoms with Gasteiger partial charge in [0.15, 0.2) is 0 Å². The van der Waals surface area contributed by atoms with Crippen LogP contribution < -0.4 is 24.9 Å². The Labute approximate surface area is 457 Å². The molecule has 0 unspecified atom stereocenters. The van der Waals surface area contributed by atoms with Crippen molar-refractivity contribution in [1.29, 1.82) is 0 Å². The first-order valence-corrected chi connectivity index (χ1v) is 25.7. The Balaban J connectivity index is 0.00000309. The summed E-state index contributed by atoms with van der Waals surface area (Å²) in [6.45, 7) is 10.2. The number of benzene rings is 2. The molecule has 5 aromatic rings. The second-order valence-corrected chi connectivity index (χ2v) is 18.2. The topological polar surface area (TPSA) is 283 Å². The van der Waals surface area contributed by atoms with Crippen LogP contribution in [0.3, 0.4) is 0 Å². The van der Waals surface area contributed by atoms with Crippen molar-refractivity contribution >= 4 is 98.6 Å². The summed E-state index contributed by atoms with van der Waals surface area (Å²) >= 11 is 2.42. The van der Waals surface area contributed by atoms with Gasteiger partial charge in [0.25, 0.3) is 0 Å². The Morgan fingerprint density at radius 3 is 1.37 bits per heavy atom. The van der Waals surface area contributed by atoms with Crippen molar-refractivity contribution in [1.82, 2.24) is 0 Å². The van der Waals surface area contributed by atoms with E-state index in [1.165, 1.54) is 40.9 Å². The molecule has 3 heterocycles. The van der Waals surface area contributed by atoms with E-state index in [4.69, 9.17) is 51.8 Å². The summed E-state index contributed by atoms with van der Waals surface area (Å²) in [5, 5.41) is 0.289. The van der Waals surface area contributed by atoms with E-state index in [0.29, 0.717) is 20.2 Å². The molecule has 0 amide bonds. The maximum atomic E-state index is 13.6. The minimum Gasteiger partial charge on any atom is -0.488 e. The molecule has 78 heavy (non-hydrogen) atoms. The number of hydrogen-bond acceptors (Lipinski definition) is 25. The van der Waals surface area contributed by atoms with Crippen molar-refractivity contribution in [2.24, 2.45) is 0 Å². The highest BCUT2D eigenvalue weighted by atomic mass is 32.1. The average molecular weight is 1130 g/mol. The zero-order chi connectivity index (χ0) is 57.9. The van der Waals surface area contributed by atoms with E-state index in [-0.39, 0.29) is 58.4 Å². The number of carbonyl (C=O) groups is 9. The summed E-state index contributed by atoms with van der Waals surface area (Å²) in [6, 6.07) is 15.9. The van der Waals surface area contributed by atoms with Crippen LogP contribution in [-0.2, 0) is 76.3 Å². The third-order valence-corrected chi connectivity index (χ3v) is 11.6. The van der Waals surface area contributed by atoms with Crippen molar-refractivity contribution in [3.8, 4) is 21.9 Å². The maximum absolute atomic E-state index is 13.6. The molecule has 0 fully saturated rings. The first-order chi connectivity index (χ1) is 37.2. The average Bonchev–Trinajstić information content (AvgIpc) is 4.08. The quantitative estimate of drug-likeness (QED) is 0.0132. The third-order valence-electron chi connectivity index (χ3n) is 9.48. The molecule has 0 aliphatic carbocycles. The molecule has 5 rings (SSSR count). The number of anilines is 2. The van der Waals surface area contributed by atoms with Crippen LogP contribution in [0.1, 0.15) is 86.8 Å². The molecule has 23 nitrogen and oxygen atoms in total. The lowest BCUT2D eigenvalue weighted by atomic mass is 10.1. The molecule has 0 atom stereocenters. The number of hydrogen-bond donors (Lipinski definition) is 0. The molecule has 0 aliphatic rings. The van der Waals surface area contributed by atoms with Crippen LogP contribution in [0.15, 0.2) is 69.9 Å². The Morgan fingerprint density at radius 1 is 0.513 bits per heavy atom. The molecule has 0 bridgehead atoms. The van der Waals surface area contributed by atoms with E-state index in [2.05, 4.69) is 13.8 Å². The van der Waals surface area contributed by atoms with Crippen molar-refractivity contribution < 1.29 is 94.9 Å². The van der Waals surface area contributed by atoms with Crippen LogP contribution >= 0.6 is 22.7 Å². The monoisotopic (exact) mass is 1130 g/mol. The van der Waals surface area contributed by atoms with Gasteiger partial charge in [-0.1, -0.05) is 40.2 Å². The highest BCUT2D eigenvalue weighted by Gasteiger charge is 2.26. The number of ether oxygens (including phenoxy) is 10. The highest BCUT2D eigenvalue weighted by Crippen LogP contribution is 2.37. The van der Waals surface area contributed by atoms with Gasteiger partial charge in [-0.25, -0.2) is 4.79 Å². The second kappa shape index (κ2) is 33.0. The van der Waals surface area contributed by atoms with E-state index in [1.54, 1.807) is 43.3 Å². The predicted molar refractivity (Wildman–Crippen MR) is 283 cm³/mol. The van der Waals surface area contributed by atoms with Crippen molar-refractivity contribution in [3.63, 3.8) is 0 Å². The fraction of sp³-hybridized carbons (Fsp3) is 0.396. The third kappa shape index (κ3) is 21.7. The van der Waals surface area contributed by atoms with Gasteiger partial charge in [0.2, 0.25) is 33.0 Å². The molecule has 25 heteroatoms. The molecule has 2 aromatic carbocycles. The minimum atomic E-state index is -0.997. The second-order valence-electron chi connectivity index (χ2n) is 15.9. The Morgan fingerprint density at radius 2 is 0.936 bits per heavy atom. The molecule has 0 saturated carbocycles. The maximum Gasteiger partial charge on any atom is 0.345 e. The lowest BCUT2D eigenvalue weighted by molar-refractivity contribution is -0.167. The van der Waals surface area contributed by atoms with Gasteiger partial charge in [0, 0.05) is 48.9 Å². The summed E-state index contributed by atoms with van der Waals surface area (Å²) < 4.78 is 57.2. The normalized spacial score (nSPS) is 10.2. The van der Waals surface area contributed by atoms with Crippen molar-refractivity contribution in [2.75, 3.05) is 76.4 Å². The summed E-state index contributed by atoms with van der Waals surface area (Å²) in [5.74, 6) is -6.84. The Kier molecular flexibility index (Phi) is 27.0. The molecule has 0 aliphatic heterocycles. The molecule has 0 radical (unpaired) electrons. The summed E-state index contributed by atoms with van der Waals surface area (Å²) in [7, 11) is 0. The molecular formula is C53H62N2O21S2. The lowest BCUT2D eigenvalue weighted by Gasteiger charge is -2.26.